The smallest absolute Gasteiger partial charge is 0.213 e. The zero-order valence-corrected chi connectivity index (χ0v) is 16.2. The Kier molecular flexibility index (Phi) is 5.70. The fourth-order valence-electron chi connectivity index (χ4n) is 3.69. The molecule has 3 aromatic rings. The Bertz CT molecular complexity index is 899. The second-order valence-electron chi connectivity index (χ2n) is 7.48. The molecule has 4 heteroatoms. The molecule has 0 radical (unpaired) electrons. The van der Waals surface area contributed by atoms with Crippen molar-refractivity contribution < 1.29 is 9.57 Å². The number of aromatic nitrogens is 1. The van der Waals surface area contributed by atoms with Crippen molar-refractivity contribution in [1.82, 2.24) is 10.5 Å². The van der Waals surface area contributed by atoms with Crippen LogP contribution in [-0.2, 0) is 30.0 Å². The number of rotatable bonds is 7. The predicted octanol–water partition coefficient (Wildman–Crippen LogP) is 4.93. The minimum Gasteiger partial charge on any atom is -0.473 e. The number of fused-ring (bicyclic) bond motifs is 1. The maximum Gasteiger partial charge on any atom is 0.213 e. The Balaban J connectivity index is 1.42. The van der Waals surface area contributed by atoms with Crippen molar-refractivity contribution in [3.8, 4) is 5.88 Å². The van der Waals surface area contributed by atoms with Crippen LogP contribution in [0.2, 0.25) is 0 Å². The van der Waals surface area contributed by atoms with Gasteiger partial charge in [-0.05, 0) is 48.9 Å². The largest absolute Gasteiger partial charge is 0.473 e. The zero-order chi connectivity index (χ0) is 19.2. The van der Waals surface area contributed by atoms with Gasteiger partial charge in [-0.25, -0.2) is 4.98 Å². The van der Waals surface area contributed by atoms with Crippen LogP contribution in [0.1, 0.15) is 42.1 Å². The van der Waals surface area contributed by atoms with Crippen LogP contribution in [0.15, 0.2) is 72.8 Å². The van der Waals surface area contributed by atoms with Gasteiger partial charge in [0.15, 0.2) is 0 Å². The number of ether oxygens (including phenoxy) is 1. The van der Waals surface area contributed by atoms with Gasteiger partial charge >= 0.3 is 0 Å². The van der Waals surface area contributed by atoms with Crippen molar-refractivity contribution in [2.75, 3.05) is 0 Å². The molecule has 4 nitrogen and oxygen atoms in total. The number of hydrogen-bond donors (Lipinski definition) is 1. The number of benzene rings is 2. The van der Waals surface area contributed by atoms with E-state index in [1.807, 2.05) is 42.5 Å². The third-order valence-corrected chi connectivity index (χ3v) is 5.24. The minimum absolute atomic E-state index is 0.243. The van der Waals surface area contributed by atoms with Crippen LogP contribution in [0.3, 0.4) is 0 Å². The molecule has 4 rings (SSSR count). The third kappa shape index (κ3) is 4.41. The normalized spacial score (nSPS) is 18.5. The average Bonchev–Trinajstić information content (AvgIpc) is 2.74. The van der Waals surface area contributed by atoms with Crippen molar-refractivity contribution in [2.45, 2.75) is 44.9 Å². The number of pyridine rings is 1. The van der Waals surface area contributed by atoms with E-state index in [1.165, 1.54) is 5.56 Å². The molecule has 1 aliphatic carbocycles. The number of hydrogen-bond acceptors (Lipinski definition) is 4. The van der Waals surface area contributed by atoms with Gasteiger partial charge in [0.25, 0.3) is 0 Å². The van der Waals surface area contributed by atoms with Crippen molar-refractivity contribution in [1.29, 1.82) is 0 Å². The SMILES string of the molecule is CC1(NOCc2ccccc2)CCCc2nc(OCc3ccccc3)ccc21. The highest BCUT2D eigenvalue weighted by atomic mass is 16.6. The molecule has 0 spiro atoms. The van der Waals surface area contributed by atoms with Crippen molar-refractivity contribution in [3.05, 3.63) is 95.2 Å². The van der Waals surface area contributed by atoms with Gasteiger partial charge in [0.05, 0.1) is 12.1 Å². The number of nitrogens with zero attached hydrogens (tertiary/aromatic N) is 1. The molecule has 0 aliphatic heterocycles. The molecule has 1 atom stereocenters. The summed E-state index contributed by atoms with van der Waals surface area (Å²) in [6.07, 6.45) is 3.05. The average molecular weight is 374 g/mol. The lowest BCUT2D eigenvalue weighted by atomic mass is 9.81. The molecule has 1 N–H and O–H groups in total. The van der Waals surface area contributed by atoms with Gasteiger partial charge in [-0.3, -0.25) is 4.84 Å². The van der Waals surface area contributed by atoms with Crippen LogP contribution >= 0.6 is 0 Å². The van der Waals surface area contributed by atoms with Crippen LogP contribution in [0.5, 0.6) is 5.88 Å². The summed E-state index contributed by atoms with van der Waals surface area (Å²) in [6, 6.07) is 24.4. The van der Waals surface area contributed by atoms with E-state index in [1.54, 1.807) is 0 Å². The molecule has 2 aromatic carbocycles. The number of nitrogens with one attached hydrogen (secondary N) is 1. The minimum atomic E-state index is -0.243. The Hall–Kier alpha value is -2.69. The summed E-state index contributed by atoms with van der Waals surface area (Å²) in [4.78, 5) is 10.6. The first-order chi connectivity index (χ1) is 13.7. The van der Waals surface area contributed by atoms with E-state index < -0.39 is 0 Å². The van der Waals surface area contributed by atoms with Gasteiger partial charge in [-0.1, -0.05) is 60.7 Å². The van der Waals surface area contributed by atoms with Crippen LogP contribution in [0.25, 0.3) is 0 Å². The monoisotopic (exact) mass is 374 g/mol. The van der Waals surface area contributed by atoms with Gasteiger partial charge in [-0.15, -0.1) is 0 Å². The van der Waals surface area contributed by atoms with Gasteiger partial charge < -0.3 is 4.74 Å². The highest BCUT2D eigenvalue weighted by molar-refractivity contribution is 5.34. The molecule has 28 heavy (non-hydrogen) atoms. The van der Waals surface area contributed by atoms with E-state index in [0.29, 0.717) is 19.1 Å². The first-order valence-electron chi connectivity index (χ1n) is 9.83. The standard InChI is InChI=1S/C24H26N2O2/c1-24(26-28-18-20-11-6-3-7-12-20)16-8-13-22-21(24)14-15-23(25-22)27-17-19-9-4-2-5-10-19/h2-7,9-12,14-15,26H,8,13,16-18H2,1H3. The van der Waals surface area contributed by atoms with E-state index in [-0.39, 0.29) is 5.54 Å². The van der Waals surface area contributed by atoms with E-state index in [4.69, 9.17) is 14.6 Å². The summed E-state index contributed by atoms with van der Waals surface area (Å²) >= 11 is 0. The highest BCUT2D eigenvalue weighted by Gasteiger charge is 2.33. The zero-order valence-electron chi connectivity index (χ0n) is 16.2. The van der Waals surface area contributed by atoms with E-state index in [2.05, 4.69) is 42.7 Å². The molecule has 0 saturated heterocycles. The van der Waals surface area contributed by atoms with Crippen LogP contribution < -0.4 is 10.2 Å². The summed E-state index contributed by atoms with van der Waals surface area (Å²) in [5, 5.41) is 0. The molecule has 0 saturated carbocycles. The van der Waals surface area contributed by atoms with E-state index in [9.17, 15) is 0 Å². The number of aryl methyl sites for hydroxylation is 1. The maximum absolute atomic E-state index is 5.90. The Morgan fingerprint density at radius 2 is 1.57 bits per heavy atom. The number of hydroxylamine groups is 1. The summed E-state index contributed by atoms with van der Waals surface area (Å²) < 4.78 is 5.90. The molecule has 1 heterocycles. The second-order valence-corrected chi connectivity index (χ2v) is 7.48. The fourth-order valence-corrected chi connectivity index (χ4v) is 3.69. The predicted molar refractivity (Wildman–Crippen MR) is 110 cm³/mol. The van der Waals surface area contributed by atoms with Gasteiger partial charge in [-0.2, -0.15) is 5.48 Å². The molecule has 1 aliphatic rings. The van der Waals surface area contributed by atoms with E-state index >= 15 is 0 Å². The summed E-state index contributed by atoms with van der Waals surface area (Å²) in [5.41, 5.74) is 7.63. The molecular formula is C24H26N2O2. The van der Waals surface area contributed by atoms with Gasteiger partial charge in [0, 0.05) is 11.8 Å². The highest BCUT2D eigenvalue weighted by Crippen LogP contribution is 2.35. The molecule has 0 amide bonds. The van der Waals surface area contributed by atoms with Gasteiger partial charge in [0.2, 0.25) is 5.88 Å². The van der Waals surface area contributed by atoms with Crippen molar-refractivity contribution in [2.24, 2.45) is 0 Å². The lowest BCUT2D eigenvalue weighted by Gasteiger charge is -2.35. The molecule has 144 valence electrons. The summed E-state index contributed by atoms with van der Waals surface area (Å²) in [5.74, 6) is 0.678. The maximum atomic E-state index is 5.90. The van der Waals surface area contributed by atoms with E-state index in [0.717, 1.165) is 36.1 Å². The van der Waals surface area contributed by atoms with Crippen LogP contribution in [0, 0.1) is 0 Å². The first-order valence-corrected chi connectivity index (χ1v) is 9.83. The lowest BCUT2D eigenvalue weighted by Crippen LogP contribution is -2.42. The summed E-state index contributed by atoms with van der Waals surface area (Å²) in [7, 11) is 0. The van der Waals surface area contributed by atoms with Crippen LogP contribution in [-0.4, -0.2) is 4.98 Å². The Morgan fingerprint density at radius 1 is 0.893 bits per heavy atom. The topological polar surface area (TPSA) is 43.4 Å². The van der Waals surface area contributed by atoms with Crippen LogP contribution in [0.4, 0.5) is 0 Å². The Morgan fingerprint density at radius 3 is 2.29 bits per heavy atom. The van der Waals surface area contributed by atoms with Crippen molar-refractivity contribution >= 4 is 0 Å². The Labute approximate surface area is 166 Å². The molecule has 1 unspecified atom stereocenters. The second kappa shape index (κ2) is 8.55. The molecular weight excluding hydrogens is 348 g/mol. The third-order valence-electron chi connectivity index (χ3n) is 5.24. The summed E-state index contributed by atoms with van der Waals surface area (Å²) in [6.45, 7) is 3.25. The molecule has 0 fully saturated rings. The van der Waals surface area contributed by atoms with Crippen molar-refractivity contribution in [3.63, 3.8) is 0 Å². The lowest BCUT2D eigenvalue weighted by molar-refractivity contribution is -0.0371. The quantitative estimate of drug-likeness (QED) is 0.595. The molecule has 0 bridgehead atoms. The first kappa shape index (κ1) is 18.7. The molecule has 1 aromatic heterocycles. The fraction of sp³-hybridized carbons (Fsp3) is 0.292. The van der Waals surface area contributed by atoms with Gasteiger partial charge in [0.1, 0.15) is 6.61 Å².